The zero-order valence-corrected chi connectivity index (χ0v) is 11.5. The molecular weight excluding hydrogens is 252 g/mol. The molecule has 5 heteroatoms. The number of hydrogen-bond donors (Lipinski definition) is 2. The Hall–Kier alpha value is -1.26. The van der Waals surface area contributed by atoms with Gasteiger partial charge in [0.25, 0.3) is 0 Å². The van der Waals surface area contributed by atoms with Gasteiger partial charge in [-0.1, -0.05) is 18.5 Å². The van der Waals surface area contributed by atoms with Crippen LogP contribution in [0.3, 0.4) is 0 Å². The summed E-state index contributed by atoms with van der Waals surface area (Å²) in [5.41, 5.74) is 6.14. The number of halogens is 1. The van der Waals surface area contributed by atoms with Gasteiger partial charge in [-0.2, -0.15) is 0 Å². The van der Waals surface area contributed by atoms with Gasteiger partial charge in [-0.3, -0.25) is 4.79 Å². The highest BCUT2D eigenvalue weighted by molar-refractivity contribution is 6.32. The second-order valence-electron chi connectivity index (χ2n) is 4.17. The molecule has 0 heterocycles. The largest absolute Gasteiger partial charge is 0.492 e. The molecule has 4 nitrogen and oxygen atoms in total. The summed E-state index contributed by atoms with van der Waals surface area (Å²) in [5.74, 6) is 0.726. The van der Waals surface area contributed by atoms with Gasteiger partial charge in [0, 0.05) is 12.1 Å². The molecule has 0 radical (unpaired) electrons. The summed E-state index contributed by atoms with van der Waals surface area (Å²) in [6.07, 6.45) is 0.404. The summed E-state index contributed by atoms with van der Waals surface area (Å²) in [6.45, 7) is 4.88. The second-order valence-corrected chi connectivity index (χ2v) is 4.58. The van der Waals surface area contributed by atoms with Crippen molar-refractivity contribution < 1.29 is 9.53 Å². The van der Waals surface area contributed by atoms with E-state index in [4.69, 9.17) is 22.1 Å². The van der Waals surface area contributed by atoms with Crippen LogP contribution in [0, 0.1) is 5.92 Å². The minimum absolute atomic E-state index is 0.0619. The molecule has 0 fully saturated rings. The molecule has 0 aliphatic carbocycles. The average molecular weight is 271 g/mol. The maximum atomic E-state index is 11.7. The van der Waals surface area contributed by atoms with E-state index in [2.05, 4.69) is 5.32 Å². The van der Waals surface area contributed by atoms with E-state index < -0.39 is 0 Å². The van der Waals surface area contributed by atoms with E-state index in [1.165, 1.54) is 0 Å². The average Bonchev–Trinajstić information content (AvgIpc) is 2.32. The van der Waals surface area contributed by atoms with Crippen LogP contribution in [0.25, 0.3) is 0 Å². The maximum absolute atomic E-state index is 11.7. The molecule has 1 atom stereocenters. The molecule has 0 saturated carbocycles. The van der Waals surface area contributed by atoms with Crippen molar-refractivity contribution in [2.75, 3.05) is 18.5 Å². The Morgan fingerprint density at radius 1 is 1.56 bits per heavy atom. The molecule has 3 N–H and O–H groups in total. The third-order valence-electron chi connectivity index (χ3n) is 2.45. The van der Waals surface area contributed by atoms with Crippen molar-refractivity contribution in [1.82, 2.24) is 0 Å². The van der Waals surface area contributed by atoms with Gasteiger partial charge in [-0.05, 0) is 37.6 Å². The lowest BCUT2D eigenvalue weighted by Crippen LogP contribution is -2.20. The zero-order chi connectivity index (χ0) is 13.5. The van der Waals surface area contributed by atoms with Crippen molar-refractivity contribution in [1.29, 1.82) is 0 Å². The highest BCUT2D eigenvalue weighted by Gasteiger charge is 2.09. The van der Waals surface area contributed by atoms with Gasteiger partial charge in [0.1, 0.15) is 5.75 Å². The van der Waals surface area contributed by atoms with Crippen molar-refractivity contribution in [3.05, 3.63) is 23.2 Å². The Morgan fingerprint density at radius 2 is 2.28 bits per heavy atom. The van der Waals surface area contributed by atoms with Gasteiger partial charge in [0.05, 0.1) is 11.6 Å². The van der Waals surface area contributed by atoms with Crippen LogP contribution >= 0.6 is 11.6 Å². The molecule has 0 spiro atoms. The first kappa shape index (κ1) is 14.8. The number of amides is 1. The molecule has 1 amide bonds. The number of rotatable bonds is 6. The lowest BCUT2D eigenvalue weighted by molar-refractivity contribution is -0.116. The molecule has 1 rings (SSSR count). The van der Waals surface area contributed by atoms with E-state index in [0.717, 1.165) is 0 Å². The summed E-state index contributed by atoms with van der Waals surface area (Å²) in [7, 11) is 0. The van der Waals surface area contributed by atoms with Gasteiger partial charge in [-0.15, -0.1) is 0 Å². The van der Waals surface area contributed by atoms with Crippen LogP contribution in [-0.4, -0.2) is 19.1 Å². The van der Waals surface area contributed by atoms with Crippen LogP contribution in [0.5, 0.6) is 5.75 Å². The number of hydrogen-bond acceptors (Lipinski definition) is 3. The number of carbonyl (C=O) groups excluding carboxylic acids is 1. The number of benzene rings is 1. The topological polar surface area (TPSA) is 64.3 Å². The summed E-state index contributed by atoms with van der Waals surface area (Å²) < 4.78 is 5.32. The summed E-state index contributed by atoms with van der Waals surface area (Å²) in [4.78, 5) is 11.7. The summed E-state index contributed by atoms with van der Waals surface area (Å²) >= 11 is 6.03. The fourth-order valence-electron chi connectivity index (χ4n) is 1.46. The standard InChI is InChI=1S/C13H19ClN2O2/c1-3-18-12-5-4-10(7-11(12)14)16-13(17)6-9(2)8-15/h4-5,7,9H,3,6,8,15H2,1-2H3,(H,16,17). The van der Waals surface area contributed by atoms with Crippen LogP contribution in [-0.2, 0) is 4.79 Å². The predicted octanol–water partition coefficient (Wildman–Crippen LogP) is 2.66. The van der Waals surface area contributed by atoms with Crippen LogP contribution in [0.15, 0.2) is 18.2 Å². The van der Waals surface area contributed by atoms with Crippen molar-refractivity contribution in [3.63, 3.8) is 0 Å². The lowest BCUT2D eigenvalue weighted by Gasteiger charge is -2.11. The highest BCUT2D eigenvalue weighted by atomic mass is 35.5. The summed E-state index contributed by atoms with van der Waals surface area (Å²) in [6, 6.07) is 5.19. The highest BCUT2D eigenvalue weighted by Crippen LogP contribution is 2.27. The quantitative estimate of drug-likeness (QED) is 0.835. The van der Waals surface area contributed by atoms with Crippen molar-refractivity contribution >= 4 is 23.2 Å². The van der Waals surface area contributed by atoms with Crippen LogP contribution in [0.2, 0.25) is 5.02 Å². The molecule has 0 aliphatic rings. The van der Waals surface area contributed by atoms with E-state index in [1.54, 1.807) is 18.2 Å². The minimum atomic E-state index is -0.0619. The number of nitrogens with two attached hydrogens (primary N) is 1. The number of ether oxygens (including phenoxy) is 1. The fourth-order valence-corrected chi connectivity index (χ4v) is 1.70. The Morgan fingerprint density at radius 3 is 2.83 bits per heavy atom. The Kier molecular flexibility index (Phi) is 5.95. The first-order valence-electron chi connectivity index (χ1n) is 5.99. The Labute approximate surface area is 112 Å². The predicted molar refractivity (Wildman–Crippen MR) is 74.1 cm³/mol. The molecule has 18 heavy (non-hydrogen) atoms. The smallest absolute Gasteiger partial charge is 0.224 e. The van der Waals surface area contributed by atoms with Crippen molar-refractivity contribution in [2.45, 2.75) is 20.3 Å². The van der Waals surface area contributed by atoms with Gasteiger partial charge in [0.2, 0.25) is 5.91 Å². The van der Waals surface area contributed by atoms with Gasteiger partial charge >= 0.3 is 0 Å². The van der Waals surface area contributed by atoms with E-state index in [0.29, 0.717) is 36.0 Å². The zero-order valence-electron chi connectivity index (χ0n) is 10.7. The normalized spacial score (nSPS) is 12.0. The number of anilines is 1. The molecule has 0 saturated heterocycles. The van der Waals surface area contributed by atoms with Gasteiger partial charge in [0.15, 0.2) is 0 Å². The maximum Gasteiger partial charge on any atom is 0.224 e. The third kappa shape index (κ3) is 4.55. The van der Waals surface area contributed by atoms with Crippen LogP contribution in [0.4, 0.5) is 5.69 Å². The monoisotopic (exact) mass is 270 g/mol. The van der Waals surface area contributed by atoms with Gasteiger partial charge < -0.3 is 15.8 Å². The molecule has 100 valence electrons. The molecule has 0 aliphatic heterocycles. The van der Waals surface area contributed by atoms with Crippen molar-refractivity contribution in [2.24, 2.45) is 11.7 Å². The van der Waals surface area contributed by atoms with E-state index >= 15 is 0 Å². The number of carbonyl (C=O) groups is 1. The number of nitrogens with one attached hydrogen (secondary N) is 1. The SMILES string of the molecule is CCOc1ccc(NC(=O)CC(C)CN)cc1Cl. The van der Waals surface area contributed by atoms with E-state index in [-0.39, 0.29) is 11.8 Å². The molecular formula is C13H19ClN2O2. The van der Waals surface area contributed by atoms with Gasteiger partial charge in [-0.25, -0.2) is 0 Å². The first-order chi connectivity index (χ1) is 8.56. The van der Waals surface area contributed by atoms with Crippen molar-refractivity contribution in [3.8, 4) is 5.75 Å². The fraction of sp³-hybridized carbons (Fsp3) is 0.462. The van der Waals surface area contributed by atoms with E-state index in [1.807, 2.05) is 13.8 Å². The molecule has 0 aromatic heterocycles. The molecule has 0 bridgehead atoms. The minimum Gasteiger partial charge on any atom is -0.492 e. The van der Waals surface area contributed by atoms with Crippen LogP contribution < -0.4 is 15.8 Å². The lowest BCUT2D eigenvalue weighted by atomic mass is 10.1. The molecule has 1 aromatic rings. The summed E-state index contributed by atoms with van der Waals surface area (Å²) in [5, 5.41) is 3.27. The first-order valence-corrected chi connectivity index (χ1v) is 6.36. The Balaban J connectivity index is 2.63. The van der Waals surface area contributed by atoms with E-state index in [9.17, 15) is 4.79 Å². The second kappa shape index (κ2) is 7.24. The van der Waals surface area contributed by atoms with Crippen LogP contribution in [0.1, 0.15) is 20.3 Å². The molecule has 1 unspecified atom stereocenters. The molecule has 1 aromatic carbocycles. The Bertz CT molecular complexity index is 410. The third-order valence-corrected chi connectivity index (χ3v) is 2.75.